The Morgan fingerprint density at radius 1 is 0.690 bits per heavy atom. The predicted molar refractivity (Wildman–Crippen MR) is 106 cm³/mol. The molecule has 172 valence electrons. The van der Waals surface area contributed by atoms with Crippen molar-refractivity contribution in [2.45, 2.75) is 58.0 Å². The first kappa shape index (κ1) is 27.7. The van der Waals surface area contributed by atoms with Gasteiger partial charge in [-0.2, -0.15) is 0 Å². The molecule has 0 radical (unpaired) electrons. The average molecular weight is 423 g/mol. The average Bonchev–Trinajstić information content (AvgIpc) is 2.67. The summed E-state index contributed by atoms with van der Waals surface area (Å²) in [5.41, 5.74) is -1.85. The van der Waals surface area contributed by atoms with E-state index in [1.54, 1.807) is 0 Å². The van der Waals surface area contributed by atoms with Gasteiger partial charge in [-0.1, -0.05) is 26.7 Å². The molecule has 9 nitrogen and oxygen atoms in total. The van der Waals surface area contributed by atoms with Crippen LogP contribution in [0.25, 0.3) is 0 Å². The summed E-state index contributed by atoms with van der Waals surface area (Å²) in [6, 6.07) is 0. The highest BCUT2D eigenvalue weighted by molar-refractivity contribution is 5.83. The molecule has 0 amide bonds. The summed E-state index contributed by atoms with van der Waals surface area (Å²) in [7, 11) is 0. The van der Waals surface area contributed by atoms with Gasteiger partial charge >= 0.3 is 11.9 Å². The van der Waals surface area contributed by atoms with Crippen molar-refractivity contribution in [2.24, 2.45) is 0 Å². The van der Waals surface area contributed by atoms with E-state index in [-0.39, 0.29) is 26.2 Å². The van der Waals surface area contributed by atoms with Gasteiger partial charge in [-0.15, -0.1) is 0 Å². The van der Waals surface area contributed by atoms with Crippen LogP contribution in [0.15, 0.2) is 0 Å². The van der Waals surface area contributed by atoms with Gasteiger partial charge in [-0.25, -0.2) is 4.79 Å². The lowest BCUT2D eigenvalue weighted by atomic mass is 9.95. The van der Waals surface area contributed by atoms with Crippen molar-refractivity contribution in [2.75, 3.05) is 59.5 Å². The van der Waals surface area contributed by atoms with Crippen LogP contribution < -0.4 is 0 Å². The molecule has 0 spiro atoms. The molecule has 2 N–H and O–H groups in total. The number of carbonyl (C=O) groups is 2. The third kappa shape index (κ3) is 15.3. The highest BCUT2D eigenvalue weighted by Gasteiger charge is 2.41. The molecule has 0 aromatic carbocycles. The maximum Gasteiger partial charge on any atom is 0.336 e. The van der Waals surface area contributed by atoms with Crippen LogP contribution in [0.2, 0.25) is 0 Å². The Kier molecular flexibility index (Phi) is 17.9. The zero-order valence-electron chi connectivity index (χ0n) is 17.9. The van der Waals surface area contributed by atoms with Crippen LogP contribution in [0, 0.1) is 0 Å². The summed E-state index contributed by atoms with van der Waals surface area (Å²) in [5, 5.41) is 18.7. The van der Waals surface area contributed by atoms with Gasteiger partial charge in [0.25, 0.3) is 0 Å². The first-order valence-electron chi connectivity index (χ1n) is 10.4. The smallest absolute Gasteiger partial charge is 0.336 e. The number of rotatable bonds is 22. The Morgan fingerprint density at radius 2 is 1.14 bits per heavy atom. The van der Waals surface area contributed by atoms with Crippen LogP contribution in [-0.4, -0.2) is 87.2 Å². The fourth-order valence-electron chi connectivity index (χ4n) is 2.37. The molecule has 0 aromatic heterocycles. The third-order valence-electron chi connectivity index (χ3n) is 4.11. The standard InChI is InChI=1S/C20H38O9/c1-3-5-8-25-11-13-27-10-7-20(19(23)24,17-18(21)22)29-16-15-28-14-12-26-9-6-4-2/h3-17H2,1-2H3,(H,21,22)(H,23,24). The maximum absolute atomic E-state index is 11.7. The number of unbranched alkanes of at least 4 members (excludes halogenated alkanes) is 2. The topological polar surface area (TPSA) is 121 Å². The maximum atomic E-state index is 11.7. The molecule has 0 saturated heterocycles. The molecule has 0 aromatic rings. The molecule has 0 rings (SSSR count). The van der Waals surface area contributed by atoms with Crippen LogP contribution >= 0.6 is 0 Å². The zero-order chi connectivity index (χ0) is 21.8. The Bertz CT molecular complexity index is 417. The van der Waals surface area contributed by atoms with Crippen molar-refractivity contribution in [1.82, 2.24) is 0 Å². The molecule has 1 atom stereocenters. The van der Waals surface area contributed by atoms with Gasteiger partial charge < -0.3 is 33.9 Å². The second-order valence-electron chi connectivity index (χ2n) is 6.63. The third-order valence-corrected chi connectivity index (χ3v) is 4.11. The van der Waals surface area contributed by atoms with Gasteiger partial charge in [0.1, 0.15) is 0 Å². The van der Waals surface area contributed by atoms with E-state index in [1.165, 1.54) is 0 Å². The summed E-state index contributed by atoms with van der Waals surface area (Å²) >= 11 is 0. The minimum atomic E-state index is -1.85. The van der Waals surface area contributed by atoms with Crippen LogP contribution in [0.1, 0.15) is 52.4 Å². The first-order valence-corrected chi connectivity index (χ1v) is 10.4. The summed E-state index contributed by atoms with van der Waals surface area (Å²) < 4.78 is 26.9. The molecule has 1 unspecified atom stereocenters. The fraction of sp³-hybridized carbons (Fsp3) is 0.900. The Hall–Kier alpha value is -1.26. The van der Waals surface area contributed by atoms with Crippen molar-refractivity contribution < 1.29 is 43.5 Å². The van der Waals surface area contributed by atoms with Crippen molar-refractivity contribution in [3.8, 4) is 0 Å². The monoisotopic (exact) mass is 422 g/mol. The van der Waals surface area contributed by atoms with E-state index < -0.39 is 24.0 Å². The van der Waals surface area contributed by atoms with E-state index in [0.717, 1.165) is 25.7 Å². The molecule has 9 heteroatoms. The van der Waals surface area contributed by atoms with E-state index in [4.69, 9.17) is 28.8 Å². The van der Waals surface area contributed by atoms with Gasteiger partial charge in [0.05, 0.1) is 52.7 Å². The van der Waals surface area contributed by atoms with Gasteiger partial charge in [-0.3, -0.25) is 4.79 Å². The lowest BCUT2D eigenvalue weighted by molar-refractivity contribution is -0.178. The van der Waals surface area contributed by atoms with E-state index >= 15 is 0 Å². The SMILES string of the molecule is CCCCOCCOCCOC(CCOCCOCCCC)(CC(=O)O)C(=O)O. The van der Waals surface area contributed by atoms with Gasteiger partial charge in [0.2, 0.25) is 0 Å². The molecule has 0 aliphatic carbocycles. The van der Waals surface area contributed by atoms with Crippen LogP contribution in [0.5, 0.6) is 0 Å². The Labute approximate surface area is 173 Å². The van der Waals surface area contributed by atoms with E-state index in [1.807, 2.05) is 0 Å². The van der Waals surface area contributed by atoms with Gasteiger partial charge in [0, 0.05) is 19.6 Å². The second-order valence-corrected chi connectivity index (χ2v) is 6.63. The number of carboxylic acid groups (broad SMARTS) is 2. The van der Waals surface area contributed by atoms with Crippen LogP contribution in [0.4, 0.5) is 0 Å². The molecule has 0 aliphatic heterocycles. The molecular formula is C20H38O9. The highest BCUT2D eigenvalue weighted by Crippen LogP contribution is 2.22. The molecule has 0 aliphatic rings. The summed E-state index contributed by atoms with van der Waals surface area (Å²) in [6.45, 7) is 7.21. The number of hydrogen-bond donors (Lipinski definition) is 2. The second kappa shape index (κ2) is 18.7. The minimum Gasteiger partial charge on any atom is -0.481 e. The molecule has 0 saturated carbocycles. The zero-order valence-corrected chi connectivity index (χ0v) is 17.9. The summed E-state index contributed by atoms with van der Waals surface area (Å²) in [5.74, 6) is -2.58. The number of aliphatic carboxylic acids is 2. The highest BCUT2D eigenvalue weighted by atomic mass is 16.6. The summed E-state index contributed by atoms with van der Waals surface area (Å²) in [6.07, 6.45) is 3.34. The fourth-order valence-corrected chi connectivity index (χ4v) is 2.37. The Balaban J connectivity index is 4.22. The van der Waals surface area contributed by atoms with Crippen molar-refractivity contribution in [3.63, 3.8) is 0 Å². The lowest BCUT2D eigenvalue weighted by Gasteiger charge is -2.28. The normalized spacial score (nSPS) is 13.3. The molecular weight excluding hydrogens is 384 g/mol. The predicted octanol–water partition coefficient (Wildman–Crippen LogP) is 2.36. The number of hydrogen-bond acceptors (Lipinski definition) is 7. The number of carboxylic acids is 2. The Morgan fingerprint density at radius 3 is 1.59 bits per heavy atom. The number of ether oxygens (including phenoxy) is 5. The molecule has 0 bridgehead atoms. The van der Waals surface area contributed by atoms with E-state index in [9.17, 15) is 14.7 Å². The van der Waals surface area contributed by atoms with E-state index in [2.05, 4.69) is 13.8 Å². The molecule has 0 fully saturated rings. The lowest BCUT2D eigenvalue weighted by Crippen LogP contribution is -2.45. The molecule has 29 heavy (non-hydrogen) atoms. The van der Waals surface area contributed by atoms with Gasteiger partial charge in [-0.05, 0) is 12.8 Å². The van der Waals surface area contributed by atoms with Crippen LogP contribution in [-0.2, 0) is 33.3 Å². The van der Waals surface area contributed by atoms with Gasteiger partial charge in [0.15, 0.2) is 5.60 Å². The van der Waals surface area contributed by atoms with E-state index in [0.29, 0.717) is 39.6 Å². The quantitative estimate of drug-likeness (QED) is 0.253. The minimum absolute atomic E-state index is 0.0331. The summed E-state index contributed by atoms with van der Waals surface area (Å²) in [4.78, 5) is 22.9. The first-order chi connectivity index (χ1) is 14.0. The molecule has 0 heterocycles. The largest absolute Gasteiger partial charge is 0.481 e. The van der Waals surface area contributed by atoms with Crippen molar-refractivity contribution >= 4 is 11.9 Å². The van der Waals surface area contributed by atoms with Crippen molar-refractivity contribution in [1.29, 1.82) is 0 Å². The van der Waals surface area contributed by atoms with Crippen molar-refractivity contribution in [3.05, 3.63) is 0 Å². The van der Waals surface area contributed by atoms with Crippen LogP contribution in [0.3, 0.4) is 0 Å².